The van der Waals surface area contributed by atoms with E-state index in [2.05, 4.69) is 16.4 Å². The lowest BCUT2D eigenvalue weighted by Gasteiger charge is -2.08. The minimum absolute atomic E-state index is 0.436. The zero-order chi connectivity index (χ0) is 14.7. The molecular formula is C16H15NO2S2. The van der Waals surface area contributed by atoms with Crippen LogP contribution < -0.4 is 4.74 Å². The molecule has 0 bridgehead atoms. The first kappa shape index (κ1) is 14.3. The van der Waals surface area contributed by atoms with Crippen LogP contribution in [0.25, 0.3) is 9.88 Å². The highest BCUT2D eigenvalue weighted by atomic mass is 32.1. The summed E-state index contributed by atoms with van der Waals surface area (Å²) in [5.74, 6) is 0.749. The maximum absolute atomic E-state index is 9.58. The van der Waals surface area contributed by atoms with Crippen molar-refractivity contribution in [2.45, 2.75) is 19.6 Å². The number of rotatable bonds is 5. The number of aromatic nitrogens is 1. The van der Waals surface area contributed by atoms with Crippen LogP contribution >= 0.6 is 22.7 Å². The Morgan fingerprint density at radius 3 is 2.90 bits per heavy atom. The van der Waals surface area contributed by atoms with Gasteiger partial charge < -0.3 is 9.84 Å². The van der Waals surface area contributed by atoms with Gasteiger partial charge in [0.2, 0.25) is 0 Å². The third kappa shape index (κ3) is 3.50. The predicted molar refractivity (Wildman–Crippen MR) is 86.8 cm³/mol. The summed E-state index contributed by atoms with van der Waals surface area (Å²) in [5, 5.41) is 14.7. The molecule has 1 atom stereocenters. The quantitative estimate of drug-likeness (QED) is 0.753. The molecule has 0 aliphatic rings. The van der Waals surface area contributed by atoms with Crippen molar-refractivity contribution < 1.29 is 9.84 Å². The normalized spacial score (nSPS) is 12.3. The smallest absolute Gasteiger partial charge is 0.133 e. The Labute approximate surface area is 131 Å². The molecule has 2 heterocycles. The molecule has 108 valence electrons. The third-order valence-electron chi connectivity index (χ3n) is 3.01. The van der Waals surface area contributed by atoms with Gasteiger partial charge in [-0.15, -0.1) is 22.7 Å². The molecule has 21 heavy (non-hydrogen) atoms. The van der Waals surface area contributed by atoms with Crippen LogP contribution in [0, 0.1) is 0 Å². The fourth-order valence-corrected chi connectivity index (χ4v) is 3.53. The van der Waals surface area contributed by atoms with Crippen LogP contribution in [-0.2, 0) is 6.61 Å². The van der Waals surface area contributed by atoms with Crippen LogP contribution in [0.2, 0.25) is 0 Å². The van der Waals surface area contributed by atoms with Gasteiger partial charge in [-0.1, -0.05) is 18.2 Å². The van der Waals surface area contributed by atoms with Crippen LogP contribution in [0.4, 0.5) is 0 Å². The molecule has 5 heteroatoms. The number of aliphatic hydroxyl groups excluding tert-OH is 1. The van der Waals surface area contributed by atoms with Crippen molar-refractivity contribution in [2.75, 3.05) is 0 Å². The second-order valence-corrected chi connectivity index (χ2v) is 6.46. The molecule has 0 aliphatic carbocycles. The molecule has 3 aromatic rings. The van der Waals surface area contributed by atoms with E-state index in [0.29, 0.717) is 6.61 Å². The molecule has 0 saturated carbocycles. The van der Waals surface area contributed by atoms with Gasteiger partial charge in [0.25, 0.3) is 0 Å². The maximum atomic E-state index is 9.58. The van der Waals surface area contributed by atoms with E-state index in [-0.39, 0.29) is 0 Å². The Kier molecular flexibility index (Phi) is 4.34. The third-order valence-corrected chi connectivity index (χ3v) is 4.94. The summed E-state index contributed by atoms with van der Waals surface area (Å²) < 4.78 is 5.75. The molecule has 0 amide bonds. The lowest BCUT2D eigenvalue weighted by atomic mass is 10.1. The zero-order valence-electron chi connectivity index (χ0n) is 11.5. The van der Waals surface area contributed by atoms with Gasteiger partial charge in [0.1, 0.15) is 17.4 Å². The summed E-state index contributed by atoms with van der Waals surface area (Å²) in [6.45, 7) is 2.18. The number of thiophene rings is 1. The van der Waals surface area contributed by atoms with Crippen LogP contribution in [-0.4, -0.2) is 10.1 Å². The van der Waals surface area contributed by atoms with Gasteiger partial charge >= 0.3 is 0 Å². The van der Waals surface area contributed by atoms with Crippen molar-refractivity contribution >= 4 is 22.7 Å². The Hall–Kier alpha value is -1.69. The van der Waals surface area contributed by atoms with E-state index in [0.717, 1.165) is 22.0 Å². The summed E-state index contributed by atoms with van der Waals surface area (Å²) in [7, 11) is 0. The van der Waals surface area contributed by atoms with Crippen LogP contribution in [0.15, 0.2) is 47.2 Å². The maximum Gasteiger partial charge on any atom is 0.133 e. The minimum Gasteiger partial charge on any atom is -0.487 e. The van der Waals surface area contributed by atoms with Crippen LogP contribution in [0.1, 0.15) is 24.3 Å². The summed E-state index contributed by atoms with van der Waals surface area (Å²) in [4.78, 5) is 5.76. The number of thiazole rings is 1. The van der Waals surface area contributed by atoms with Crippen LogP contribution in [0.5, 0.6) is 5.75 Å². The average molecular weight is 317 g/mol. The highest BCUT2D eigenvalue weighted by Crippen LogP contribution is 2.28. The van der Waals surface area contributed by atoms with Gasteiger partial charge in [-0.3, -0.25) is 0 Å². The molecule has 1 N–H and O–H groups in total. The standard InChI is InChI=1S/C16H15NO2S2/c1-11(18)12-4-2-5-14(8-12)19-9-13-10-21-16(17-13)15-6-3-7-20-15/h2-8,10-11,18H,9H2,1H3/t11-/m0/s1. The number of hydrogen-bond acceptors (Lipinski definition) is 5. The second-order valence-electron chi connectivity index (χ2n) is 4.66. The number of nitrogens with zero attached hydrogens (tertiary/aromatic N) is 1. The monoisotopic (exact) mass is 317 g/mol. The van der Waals surface area contributed by atoms with E-state index < -0.39 is 6.10 Å². The first-order chi connectivity index (χ1) is 10.2. The first-order valence-corrected chi connectivity index (χ1v) is 8.37. The van der Waals surface area contributed by atoms with Gasteiger partial charge in [0.05, 0.1) is 16.7 Å². The van der Waals surface area contributed by atoms with E-state index in [4.69, 9.17) is 4.74 Å². The van der Waals surface area contributed by atoms with Gasteiger partial charge in [-0.2, -0.15) is 0 Å². The number of hydrogen-bond donors (Lipinski definition) is 1. The molecule has 0 aliphatic heterocycles. The molecule has 3 rings (SSSR count). The Bertz CT molecular complexity index is 705. The van der Waals surface area contributed by atoms with Gasteiger partial charge in [0.15, 0.2) is 0 Å². The Morgan fingerprint density at radius 1 is 1.24 bits per heavy atom. The fraction of sp³-hybridized carbons (Fsp3) is 0.188. The molecule has 0 radical (unpaired) electrons. The molecule has 0 fully saturated rings. The molecule has 0 saturated heterocycles. The molecule has 2 aromatic heterocycles. The van der Waals surface area contributed by atoms with Crippen molar-refractivity contribution in [1.82, 2.24) is 4.98 Å². The van der Waals surface area contributed by atoms with Crippen molar-refractivity contribution in [1.29, 1.82) is 0 Å². The topological polar surface area (TPSA) is 42.4 Å². The molecule has 0 spiro atoms. The largest absolute Gasteiger partial charge is 0.487 e. The Balaban J connectivity index is 1.67. The average Bonchev–Trinajstić information content (AvgIpc) is 3.16. The van der Waals surface area contributed by atoms with Gasteiger partial charge in [0, 0.05) is 5.38 Å². The summed E-state index contributed by atoms with van der Waals surface area (Å²) >= 11 is 3.32. The lowest BCUT2D eigenvalue weighted by Crippen LogP contribution is -1.97. The SMILES string of the molecule is C[C@H](O)c1cccc(OCc2csc(-c3cccs3)n2)c1. The summed E-state index contributed by atoms with van der Waals surface area (Å²) in [5.41, 5.74) is 1.77. The van der Waals surface area contributed by atoms with Gasteiger partial charge in [-0.25, -0.2) is 4.98 Å². The summed E-state index contributed by atoms with van der Waals surface area (Å²) in [6.07, 6.45) is -0.488. The molecule has 1 aromatic carbocycles. The second kappa shape index (κ2) is 6.39. The minimum atomic E-state index is -0.488. The van der Waals surface area contributed by atoms with Crippen molar-refractivity contribution in [3.63, 3.8) is 0 Å². The molecular weight excluding hydrogens is 302 g/mol. The van der Waals surface area contributed by atoms with Crippen molar-refractivity contribution in [2.24, 2.45) is 0 Å². The van der Waals surface area contributed by atoms with E-state index in [9.17, 15) is 5.11 Å². The molecule has 3 nitrogen and oxygen atoms in total. The van der Waals surface area contributed by atoms with Gasteiger partial charge in [-0.05, 0) is 36.1 Å². The number of ether oxygens (including phenoxy) is 1. The van der Waals surface area contributed by atoms with E-state index >= 15 is 0 Å². The zero-order valence-corrected chi connectivity index (χ0v) is 13.2. The lowest BCUT2D eigenvalue weighted by molar-refractivity contribution is 0.198. The van der Waals surface area contributed by atoms with Crippen molar-refractivity contribution in [3.05, 3.63) is 58.4 Å². The van der Waals surface area contributed by atoms with E-state index in [1.165, 1.54) is 4.88 Å². The fourth-order valence-electron chi connectivity index (χ4n) is 1.91. The van der Waals surface area contributed by atoms with Crippen LogP contribution in [0.3, 0.4) is 0 Å². The van der Waals surface area contributed by atoms with E-state index in [1.807, 2.05) is 35.7 Å². The molecule has 0 unspecified atom stereocenters. The van der Waals surface area contributed by atoms with E-state index in [1.54, 1.807) is 29.6 Å². The number of benzene rings is 1. The predicted octanol–water partition coefficient (Wildman–Crippen LogP) is 4.50. The summed E-state index contributed by atoms with van der Waals surface area (Å²) in [6, 6.07) is 11.6. The number of aliphatic hydroxyl groups is 1. The highest BCUT2D eigenvalue weighted by Gasteiger charge is 2.07. The van der Waals surface area contributed by atoms with Crippen molar-refractivity contribution in [3.8, 4) is 15.6 Å². The first-order valence-electron chi connectivity index (χ1n) is 6.61. The highest BCUT2D eigenvalue weighted by molar-refractivity contribution is 7.20. The Morgan fingerprint density at radius 2 is 2.14 bits per heavy atom.